The van der Waals surface area contributed by atoms with Gasteiger partial charge in [0.15, 0.2) is 0 Å². The minimum absolute atomic E-state index is 0.0309. The summed E-state index contributed by atoms with van der Waals surface area (Å²) in [6.45, 7) is 3.43. The minimum Gasteiger partial charge on any atom is -0.390 e. The summed E-state index contributed by atoms with van der Waals surface area (Å²) in [5, 5.41) is 13.2. The lowest BCUT2D eigenvalue weighted by atomic mass is 9.63. The second-order valence-electron chi connectivity index (χ2n) is 12.1. The SMILES string of the molecule is CC(=O)N(C)C1CCC(CC(=O)Nc2cc(-c3ccccc3)c(-c3ccc([C@]4(N)C[C@](C)(O)C4)cc3)cn2)CC1. The second-order valence-corrected chi connectivity index (χ2v) is 12.1. The van der Waals surface area contributed by atoms with Gasteiger partial charge in [0.05, 0.1) is 5.60 Å². The molecule has 0 aliphatic heterocycles. The van der Waals surface area contributed by atoms with Crippen LogP contribution < -0.4 is 11.1 Å². The summed E-state index contributed by atoms with van der Waals surface area (Å²) >= 11 is 0. The Morgan fingerprint density at radius 3 is 2.23 bits per heavy atom. The van der Waals surface area contributed by atoms with Gasteiger partial charge in [-0.05, 0) is 79.7 Å². The fourth-order valence-electron chi connectivity index (χ4n) is 6.55. The molecule has 40 heavy (non-hydrogen) atoms. The summed E-state index contributed by atoms with van der Waals surface area (Å²) in [7, 11) is 1.86. The van der Waals surface area contributed by atoms with Crippen LogP contribution in [0, 0.1) is 5.92 Å². The van der Waals surface area contributed by atoms with Crippen molar-refractivity contribution in [3.05, 3.63) is 72.4 Å². The Hall–Kier alpha value is -3.55. The van der Waals surface area contributed by atoms with E-state index in [1.807, 2.05) is 61.5 Å². The number of pyridine rings is 1. The fourth-order valence-corrected chi connectivity index (χ4v) is 6.55. The molecule has 0 atom stereocenters. The number of carbonyl (C=O) groups excluding carboxylic acids is 2. The number of nitrogens with one attached hydrogen (secondary N) is 1. The average molecular weight is 541 g/mol. The Balaban J connectivity index is 1.30. The third-order valence-electron chi connectivity index (χ3n) is 8.75. The molecule has 1 aromatic heterocycles. The molecule has 2 aromatic carbocycles. The smallest absolute Gasteiger partial charge is 0.225 e. The Kier molecular flexibility index (Phi) is 7.80. The Bertz CT molecular complexity index is 1350. The monoisotopic (exact) mass is 540 g/mol. The van der Waals surface area contributed by atoms with Gasteiger partial charge >= 0.3 is 0 Å². The Morgan fingerprint density at radius 2 is 1.62 bits per heavy atom. The zero-order valence-electron chi connectivity index (χ0n) is 23.7. The van der Waals surface area contributed by atoms with Crippen LogP contribution in [0.25, 0.3) is 22.3 Å². The number of nitrogens with two attached hydrogens (primary N) is 1. The molecule has 7 nitrogen and oxygen atoms in total. The maximum Gasteiger partial charge on any atom is 0.225 e. The van der Waals surface area contributed by atoms with Crippen molar-refractivity contribution >= 4 is 17.6 Å². The number of anilines is 1. The van der Waals surface area contributed by atoms with Gasteiger partial charge < -0.3 is 21.1 Å². The molecule has 0 spiro atoms. The predicted molar refractivity (Wildman–Crippen MR) is 158 cm³/mol. The van der Waals surface area contributed by atoms with E-state index in [2.05, 4.69) is 34.6 Å². The van der Waals surface area contributed by atoms with Crippen LogP contribution >= 0.6 is 0 Å². The van der Waals surface area contributed by atoms with Crippen molar-refractivity contribution in [3.63, 3.8) is 0 Å². The van der Waals surface area contributed by atoms with E-state index < -0.39 is 11.1 Å². The van der Waals surface area contributed by atoms with E-state index in [1.54, 1.807) is 6.92 Å². The van der Waals surface area contributed by atoms with Crippen LogP contribution in [0.15, 0.2) is 66.9 Å². The average Bonchev–Trinajstić information content (AvgIpc) is 2.92. The first-order valence-corrected chi connectivity index (χ1v) is 14.2. The summed E-state index contributed by atoms with van der Waals surface area (Å²) in [4.78, 5) is 31.1. The lowest BCUT2D eigenvalue weighted by Crippen LogP contribution is -2.58. The van der Waals surface area contributed by atoms with Gasteiger partial charge in [0.25, 0.3) is 0 Å². The maximum absolute atomic E-state index is 13.0. The Labute approximate surface area is 236 Å². The van der Waals surface area contributed by atoms with E-state index in [-0.39, 0.29) is 17.9 Å². The summed E-state index contributed by atoms with van der Waals surface area (Å²) < 4.78 is 0. The van der Waals surface area contributed by atoms with E-state index >= 15 is 0 Å². The topological polar surface area (TPSA) is 109 Å². The molecule has 0 radical (unpaired) electrons. The zero-order chi connectivity index (χ0) is 28.5. The van der Waals surface area contributed by atoms with Gasteiger partial charge in [0, 0.05) is 43.7 Å². The largest absolute Gasteiger partial charge is 0.390 e. The first-order valence-electron chi connectivity index (χ1n) is 14.2. The van der Waals surface area contributed by atoms with E-state index in [0.717, 1.165) is 53.5 Å². The molecule has 210 valence electrons. The quantitative estimate of drug-likeness (QED) is 0.368. The van der Waals surface area contributed by atoms with Crippen molar-refractivity contribution in [2.45, 2.75) is 76.0 Å². The van der Waals surface area contributed by atoms with Crippen molar-refractivity contribution < 1.29 is 14.7 Å². The summed E-state index contributed by atoms with van der Waals surface area (Å²) in [6, 6.07) is 20.5. The Morgan fingerprint density at radius 1 is 1.00 bits per heavy atom. The first-order chi connectivity index (χ1) is 19.0. The summed E-state index contributed by atoms with van der Waals surface area (Å²) in [5.41, 5.74) is 10.4. The van der Waals surface area contributed by atoms with Gasteiger partial charge in [-0.15, -0.1) is 0 Å². The molecule has 0 bridgehead atoms. The van der Waals surface area contributed by atoms with Crippen molar-refractivity contribution in [1.82, 2.24) is 9.88 Å². The number of nitrogens with zero attached hydrogens (tertiary/aromatic N) is 2. The number of carbonyl (C=O) groups is 2. The highest BCUT2D eigenvalue weighted by Gasteiger charge is 2.49. The molecular formula is C33H40N4O3. The molecule has 2 aliphatic carbocycles. The molecule has 1 heterocycles. The number of rotatable bonds is 7. The van der Waals surface area contributed by atoms with Crippen molar-refractivity contribution in [1.29, 1.82) is 0 Å². The van der Waals surface area contributed by atoms with Crippen LogP contribution in [-0.4, -0.2) is 45.5 Å². The van der Waals surface area contributed by atoms with Gasteiger partial charge in [-0.25, -0.2) is 4.98 Å². The molecule has 3 aromatic rings. The van der Waals surface area contributed by atoms with Gasteiger partial charge in [0.1, 0.15) is 5.82 Å². The second kappa shape index (κ2) is 11.1. The van der Waals surface area contributed by atoms with E-state index in [4.69, 9.17) is 5.73 Å². The summed E-state index contributed by atoms with van der Waals surface area (Å²) in [5.74, 6) is 0.911. The molecule has 0 saturated heterocycles. The number of amides is 2. The standard InChI is InChI=1S/C33H40N4O3/c1-22(38)37(3)27-15-9-23(10-16-27)17-31(39)36-30-18-28(24-7-5-4-6-8-24)29(19-35-30)25-11-13-26(14-12-25)33(34)20-32(2,40)21-33/h4-8,11-14,18-19,23,27,40H,9-10,15-17,20-21,34H2,1-3H3,(H,35,36,39)/t23?,27?,32-,33-. The predicted octanol–water partition coefficient (Wildman–Crippen LogP) is 5.48. The normalized spacial score (nSPS) is 26.0. The molecule has 0 unspecified atom stereocenters. The number of aromatic nitrogens is 1. The lowest BCUT2D eigenvalue weighted by molar-refractivity contribution is -0.130. The highest BCUT2D eigenvalue weighted by atomic mass is 16.3. The highest BCUT2D eigenvalue weighted by molar-refractivity contribution is 5.92. The van der Waals surface area contributed by atoms with E-state index in [1.165, 1.54) is 0 Å². The molecular weight excluding hydrogens is 500 g/mol. The highest BCUT2D eigenvalue weighted by Crippen LogP contribution is 2.46. The fraction of sp³-hybridized carbons (Fsp3) is 0.424. The first kappa shape index (κ1) is 28.0. The van der Waals surface area contributed by atoms with Crippen molar-refractivity contribution in [3.8, 4) is 22.3 Å². The van der Waals surface area contributed by atoms with Gasteiger partial charge in [-0.2, -0.15) is 0 Å². The maximum atomic E-state index is 13.0. The third kappa shape index (κ3) is 6.11. The van der Waals surface area contributed by atoms with Gasteiger partial charge in [-0.3, -0.25) is 9.59 Å². The van der Waals surface area contributed by atoms with Crippen LogP contribution in [0.2, 0.25) is 0 Å². The molecule has 4 N–H and O–H groups in total. The molecule has 2 saturated carbocycles. The van der Waals surface area contributed by atoms with E-state index in [9.17, 15) is 14.7 Å². The molecule has 2 aliphatic rings. The van der Waals surface area contributed by atoms with Crippen molar-refractivity contribution in [2.24, 2.45) is 11.7 Å². The molecule has 7 heteroatoms. The number of aliphatic hydroxyl groups is 1. The van der Waals surface area contributed by atoms with Crippen LogP contribution in [-0.2, 0) is 15.1 Å². The number of hydrogen-bond donors (Lipinski definition) is 3. The lowest BCUT2D eigenvalue weighted by Gasteiger charge is -2.49. The van der Waals surface area contributed by atoms with Crippen LogP contribution in [0.3, 0.4) is 0 Å². The van der Waals surface area contributed by atoms with Gasteiger partial charge in [-0.1, -0.05) is 54.6 Å². The molecule has 2 amide bonds. The van der Waals surface area contributed by atoms with Crippen LogP contribution in [0.5, 0.6) is 0 Å². The van der Waals surface area contributed by atoms with Crippen LogP contribution in [0.1, 0.15) is 64.4 Å². The van der Waals surface area contributed by atoms with E-state index in [0.29, 0.717) is 31.0 Å². The molecule has 5 rings (SSSR count). The molecule has 2 fully saturated rings. The number of hydrogen-bond acceptors (Lipinski definition) is 5. The number of benzene rings is 2. The van der Waals surface area contributed by atoms with Crippen molar-refractivity contribution in [2.75, 3.05) is 12.4 Å². The van der Waals surface area contributed by atoms with Crippen LogP contribution in [0.4, 0.5) is 5.82 Å². The van der Waals surface area contributed by atoms with Gasteiger partial charge in [0.2, 0.25) is 11.8 Å². The zero-order valence-corrected chi connectivity index (χ0v) is 23.7. The summed E-state index contributed by atoms with van der Waals surface area (Å²) in [6.07, 6.45) is 7.11. The third-order valence-corrected chi connectivity index (χ3v) is 8.75. The minimum atomic E-state index is -0.705.